The summed E-state index contributed by atoms with van der Waals surface area (Å²) >= 11 is 0. The van der Waals surface area contributed by atoms with E-state index in [2.05, 4.69) is 29.0 Å². The zero-order chi connectivity index (χ0) is 16.0. The van der Waals surface area contributed by atoms with Crippen molar-refractivity contribution in [3.8, 4) is 11.4 Å². The second kappa shape index (κ2) is 5.18. The van der Waals surface area contributed by atoms with Crippen LogP contribution in [0.15, 0.2) is 36.5 Å². The standard InChI is InChI=1S/C17H21BN2O2/c1-12-6-8-13(9-7-12)15-19-11-10-14(20-15)18-21-16(2,3)17(4,5)22-18/h6-11H,1-5H3. The molecule has 3 rings (SSSR count). The Labute approximate surface area is 132 Å². The average Bonchev–Trinajstić information content (AvgIpc) is 2.68. The van der Waals surface area contributed by atoms with Crippen LogP contribution >= 0.6 is 0 Å². The van der Waals surface area contributed by atoms with E-state index in [1.165, 1.54) is 5.56 Å². The van der Waals surface area contributed by atoms with Crippen LogP contribution in [0.5, 0.6) is 0 Å². The molecule has 0 atom stereocenters. The van der Waals surface area contributed by atoms with Crippen LogP contribution in [0.4, 0.5) is 0 Å². The molecule has 1 fully saturated rings. The maximum Gasteiger partial charge on any atom is 0.514 e. The Kier molecular flexibility index (Phi) is 3.58. The second-order valence-corrected chi connectivity index (χ2v) is 6.76. The molecule has 0 amide bonds. The molecule has 0 unspecified atom stereocenters. The minimum Gasteiger partial charge on any atom is -0.398 e. The van der Waals surface area contributed by atoms with E-state index in [0.717, 1.165) is 11.2 Å². The summed E-state index contributed by atoms with van der Waals surface area (Å²) in [5, 5.41) is 0. The highest BCUT2D eigenvalue weighted by atomic mass is 16.7. The first-order valence-corrected chi connectivity index (χ1v) is 7.54. The van der Waals surface area contributed by atoms with Crippen LogP contribution in [-0.4, -0.2) is 28.3 Å². The van der Waals surface area contributed by atoms with Gasteiger partial charge >= 0.3 is 7.12 Å². The molecule has 1 aliphatic rings. The fraction of sp³-hybridized carbons (Fsp3) is 0.412. The summed E-state index contributed by atoms with van der Waals surface area (Å²) in [5.74, 6) is 0.687. The number of nitrogens with zero attached hydrogens (tertiary/aromatic N) is 2. The lowest BCUT2D eigenvalue weighted by atomic mass is 9.84. The van der Waals surface area contributed by atoms with Gasteiger partial charge in [0.2, 0.25) is 0 Å². The van der Waals surface area contributed by atoms with E-state index in [0.29, 0.717) is 5.82 Å². The minimum atomic E-state index is -0.461. The molecule has 5 heteroatoms. The number of hydrogen-bond donors (Lipinski definition) is 0. The fourth-order valence-corrected chi connectivity index (χ4v) is 2.31. The van der Waals surface area contributed by atoms with Crippen LogP contribution in [0, 0.1) is 6.92 Å². The first kappa shape index (κ1) is 15.2. The maximum absolute atomic E-state index is 6.05. The molecule has 0 saturated carbocycles. The predicted octanol–water partition coefficient (Wildman–Crippen LogP) is 2.75. The molecular formula is C17H21BN2O2. The maximum atomic E-state index is 6.05. The van der Waals surface area contributed by atoms with E-state index >= 15 is 0 Å². The summed E-state index contributed by atoms with van der Waals surface area (Å²) in [5.41, 5.74) is 2.22. The monoisotopic (exact) mass is 296 g/mol. The van der Waals surface area contributed by atoms with Crippen LogP contribution < -0.4 is 5.59 Å². The zero-order valence-corrected chi connectivity index (χ0v) is 13.8. The van der Waals surface area contributed by atoms with Gasteiger partial charge in [-0.15, -0.1) is 0 Å². The summed E-state index contributed by atoms with van der Waals surface area (Å²) < 4.78 is 12.1. The molecule has 1 aromatic heterocycles. The van der Waals surface area contributed by atoms with E-state index in [4.69, 9.17) is 9.31 Å². The van der Waals surface area contributed by atoms with Crippen molar-refractivity contribution >= 4 is 12.7 Å². The summed E-state index contributed by atoms with van der Waals surface area (Å²) in [7, 11) is -0.461. The van der Waals surface area contributed by atoms with Gasteiger partial charge in [-0.2, -0.15) is 0 Å². The van der Waals surface area contributed by atoms with Gasteiger partial charge in [-0.25, -0.2) is 9.97 Å². The lowest BCUT2D eigenvalue weighted by molar-refractivity contribution is 0.00578. The number of rotatable bonds is 2. The van der Waals surface area contributed by atoms with E-state index < -0.39 is 7.12 Å². The molecule has 0 spiro atoms. The first-order valence-electron chi connectivity index (χ1n) is 7.54. The summed E-state index contributed by atoms with van der Waals surface area (Å²) in [6.45, 7) is 10.2. The molecule has 22 heavy (non-hydrogen) atoms. The molecule has 0 bridgehead atoms. The molecule has 2 heterocycles. The van der Waals surface area contributed by atoms with E-state index in [-0.39, 0.29) is 11.2 Å². The van der Waals surface area contributed by atoms with Gasteiger partial charge in [0, 0.05) is 11.8 Å². The third-order valence-corrected chi connectivity index (χ3v) is 4.48. The third kappa shape index (κ3) is 2.66. The van der Waals surface area contributed by atoms with Gasteiger partial charge in [0.1, 0.15) is 0 Å². The van der Waals surface area contributed by atoms with E-state index in [1.54, 1.807) is 6.20 Å². The molecule has 114 valence electrons. The van der Waals surface area contributed by atoms with Crippen LogP contribution in [-0.2, 0) is 9.31 Å². The smallest absolute Gasteiger partial charge is 0.398 e. The molecule has 1 aliphatic heterocycles. The number of hydrogen-bond acceptors (Lipinski definition) is 4. The largest absolute Gasteiger partial charge is 0.514 e. The highest BCUT2D eigenvalue weighted by Crippen LogP contribution is 2.36. The highest BCUT2D eigenvalue weighted by molar-refractivity contribution is 6.61. The predicted molar refractivity (Wildman–Crippen MR) is 87.9 cm³/mol. The van der Waals surface area contributed by atoms with E-state index in [9.17, 15) is 0 Å². The Bertz CT molecular complexity index is 667. The molecular weight excluding hydrogens is 275 g/mol. The number of aryl methyl sites for hydroxylation is 1. The molecule has 1 aromatic carbocycles. The second-order valence-electron chi connectivity index (χ2n) is 6.76. The van der Waals surface area contributed by atoms with E-state index in [1.807, 2.05) is 45.9 Å². The molecule has 0 aliphatic carbocycles. The lowest BCUT2D eigenvalue weighted by Crippen LogP contribution is -2.41. The zero-order valence-electron chi connectivity index (χ0n) is 13.8. The van der Waals surface area contributed by atoms with Crippen molar-refractivity contribution in [2.24, 2.45) is 0 Å². The van der Waals surface area contributed by atoms with Crippen molar-refractivity contribution in [3.63, 3.8) is 0 Å². The fourth-order valence-electron chi connectivity index (χ4n) is 2.31. The van der Waals surface area contributed by atoms with Crippen LogP contribution in [0.25, 0.3) is 11.4 Å². The van der Waals surface area contributed by atoms with Gasteiger partial charge in [0.15, 0.2) is 5.82 Å². The minimum absolute atomic E-state index is 0.368. The van der Waals surface area contributed by atoms with Gasteiger partial charge in [0.25, 0.3) is 0 Å². The molecule has 4 nitrogen and oxygen atoms in total. The van der Waals surface area contributed by atoms with Crippen LogP contribution in [0.2, 0.25) is 0 Å². The number of benzene rings is 1. The Morgan fingerprint density at radius 3 is 2.09 bits per heavy atom. The van der Waals surface area contributed by atoms with Crippen LogP contribution in [0.1, 0.15) is 33.3 Å². The van der Waals surface area contributed by atoms with Crippen molar-refractivity contribution in [2.75, 3.05) is 0 Å². The lowest BCUT2D eigenvalue weighted by Gasteiger charge is -2.32. The first-order chi connectivity index (χ1) is 10.3. The van der Waals surface area contributed by atoms with Gasteiger partial charge in [-0.3, -0.25) is 0 Å². The Morgan fingerprint density at radius 1 is 0.909 bits per heavy atom. The molecule has 0 radical (unpaired) electrons. The van der Waals surface area contributed by atoms with Crippen molar-refractivity contribution < 1.29 is 9.31 Å². The van der Waals surface area contributed by atoms with Crippen molar-refractivity contribution in [3.05, 3.63) is 42.1 Å². The highest BCUT2D eigenvalue weighted by Gasteiger charge is 2.52. The molecule has 2 aromatic rings. The van der Waals surface area contributed by atoms with Crippen molar-refractivity contribution in [1.29, 1.82) is 0 Å². The topological polar surface area (TPSA) is 44.2 Å². The van der Waals surface area contributed by atoms with Gasteiger partial charge in [0.05, 0.1) is 16.8 Å². The summed E-state index contributed by atoms with van der Waals surface area (Å²) in [6, 6.07) is 10.0. The average molecular weight is 296 g/mol. The number of aromatic nitrogens is 2. The van der Waals surface area contributed by atoms with Gasteiger partial charge in [-0.1, -0.05) is 29.8 Å². The van der Waals surface area contributed by atoms with Crippen LogP contribution in [0.3, 0.4) is 0 Å². The van der Waals surface area contributed by atoms with Gasteiger partial charge in [-0.05, 0) is 40.7 Å². The molecule has 0 N–H and O–H groups in total. The SMILES string of the molecule is Cc1ccc(-c2nccc(B3OC(C)(C)C(C)(C)O3)n2)cc1. The quantitative estimate of drug-likeness (QED) is 0.799. The normalized spacial score (nSPS) is 19.4. The molecule has 1 saturated heterocycles. The van der Waals surface area contributed by atoms with Crippen molar-refractivity contribution in [1.82, 2.24) is 9.97 Å². The van der Waals surface area contributed by atoms with Crippen molar-refractivity contribution in [2.45, 2.75) is 45.8 Å². The Hall–Kier alpha value is -1.72. The third-order valence-electron chi connectivity index (χ3n) is 4.48. The Balaban J connectivity index is 1.91. The van der Waals surface area contributed by atoms with Gasteiger partial charge < -0.3 is 9.31 Å². The summed E-state index contributed by atoms with van der Waals surface area (Å²) in [6.07, 6.45) is 1.75. The summed E-state index contributed by atoms with van der Waals surface area (Å²) in [4.78, 5) is 8.99. The Morgan fingerprint density at radius 2 is 1.50 bits per heavy atom.